The van der Waals surface area contributed by atoms with Crippen molar-refractivity contribution in [1.29, 1.82) is 0 Å². The van der Waals surface area contributed by atoms with Gasteiger partial charge in [0.25, 0.3) is 0 Å². The molecule has 0 saturated carbocycles. The first kappa shape index (κ1) is 17.9. The third-order valence-corrected chi connectivity index (χ3v) is 2.99. The minimum atomic E-state index is -4.26. The molecule has 1 rings (SSSR count). The van der Waals surface area contributed by atoms with E-state index in [0.717, 1.165) is 11.1 Å². The Balaban J connectivity index is 2.29. The summed E-state index contributed by atoms with van der Waals surface area (Å²) in [7, 11) is 1.90. The van der Waals surface area contributed by atoms with E-state index >= 15 is 0 Å². The molecule has 0 radical (unpaired) electrons. The molecule has 2 N–H and O–H groups in total. The van der Waals surface area contributed by atoms with Crippen LogP contribution in [0.1, 0.15) is 17.5 Å². The number of rotatable bonds is 8. The van der Waals surface area contributed by atoms with E-state index < -0.39 is 12.8 Å². The maximum absolute atomic E-state index is 11.9. The summed E-state index contributed by atoms with van der Waals surface area (Å²) in [4.78, 5) is 2.36. The zero-order valence-corrected chi connectivity index (χ0v) is 12.6. The van der Waals surface area contributed by atoms with Crippen molar-refractivity contribution in [3.63, 3.8) is 0 Å². The fourth-order valence-electron chi connectivity index (χ4n) is 1.84. The highest BCUT2D eigenvalue weighted by Crippen LogP contribution is 2.14. The summed E-state index contributed by atoms with van der Waals surface area (Å²) < 4.78 is 40.2. The van der Waals surface area contributed by atoms with E-state index in [-0.39, 0.29) is 6.61 Å². The van der Waals surface area contributed by atoms with Gasteiger partial charge in [0.1, 0.15) is 11.6 Å². The number of nitrogens with two attached hydrogens (primary N) is 1. The predicted octanol–water partition coefficient (Wildman–Crippen LogP) is 2.72. The number of nitrogens with zero attached hydrogens (tertiary/aromatic N) is 1. The Kier molecular flexibility index (Phi) is 7.07. The molecular weight excluding hydrogens is 301 g/mol. The fraction of sp³-hybridized carbons (Fsp3) is 0.500. The molecule has 3 nitrogen and oxygen atoms in total. The molecule has 7 heteroatoms. The Morgan fingerprint density at radius 1 is 1.38 bits per heavy atom. The van der Waals surface area contributed by atoms with E-state index in [0.29, 0.717) is 24.5 Å². The molecule has 0 spiro atoms. The molecule has 0 fully saturated rings. The molecule has 0 unspecified atom stereocenters. The topological polar surface area (TPSA) is 38.5 Å². The van der Waals surface area contributed by atoms with Gasteiger partial charge in [-0.3, -0.25) is 0 Å². The Morgan fingerprint density at radius 2 is 2.10 bits per heavy atom. The zero-order valence-electron chi connectivity index (χ0n) is 11.8. The minimum absolute atomic E-state index is 0.0940. The van der Waals surface area contributed by atoms with Gasteiger partial charge < -0.3 is 15.4 Å². The second-order valence-electron chi connectivity index (χ2n) is 4.82. The molecule has 0 bridgehead atoms. The fourth-order valence-corrected chi connectivity index (χ4v) is 1.97. The predicted molar refractivity (Wildman–Crippen MR) is 80.2 cm³/mol. The number of thiocarbonyl (C=S) groups is 1. The van der Waals surface area contributed by atoms with Crippen molar-refractivity contribution in [2.24, 2.45) is 5.73 Å². The summed E-state index contributed by atoms with van der Waals surface area (Å²) in [5.74, 6) is 0. The third kappa shape index (κ3) is 7.99. The van der Waals surface area contributed by atoms with Gasteiger partial charge in [0.15, 0.2) is 0 Å². The highest BCUT2D eigenvalue weighted by molar-refractivity contribution is 7.80. The van der Waals surface area contributed by atoms with Gasteiger partial charge in [-0.1, -0.05) is 30.4 Å². The summed E-state index contributed by atoms with van der Waals surface area (Å²) in [5.41, 5.74) is 7.44. The maximum atomic E-state index is 11.9. The molecule has 118 valence electrons. The van der Waals surface area contributed by atoms with Crippen molar-refractivity contribution < 1.29 is 17.9 Å². The van der Waals surface area contributed by atoms with E-state index in [1.807, 2.05) is 36.2 Å². The average Bonchev–Trinajstić information content (AvgIpc) is 2.37. The van der Waals surface area contributed by atoms with Crippen LogP contribution in [0.25, 0.3) is 0 Å². The van der Waals surface area contributed by atoms with Gasteiger partial charge in [-0.15, -0.1) is 0 Å². The molecule has 0 atom stereocenters. The lowest BCUT2D eigenvalue weighted by molar-refractivity contribution is -0.174. The SMILES string of the molecule is CN(CCCOCC(F)(F)F)Cc1cccc(C(N)=S)c1. The number of hydrogen-bond donors (Lipinski definition) is 1. The Bertz CT molecular complexity index is 466. The van der Waals surface area contributed by atoms with Gasteiger partial charge in [-0.05, 0) is 25.1 Å². The van der Waals surface area contributed by atoms with Gasteiger partial charge >= 0.3 is 6.18 Å². The summed E-state index contributed by atoms with van der Waals surface area (Å²) in [6.45, 7) is 0.231. The van der Waals surface area contributed by atoms with E-state index in [4.69, 9.17) is 18.0 Å². The number of benzene rings is 1. The monoisotopic (exact) mass is 320 g/mol. The van der Waals surface area contributed by atoms with E-state index in [2.05, 4.69) is 4.74 Å². The molecule has 0 aliphatic heterocycles. The first-order valence-electron chi connectivity index (χ1n) is 6.50. The molecule has 0 aliphatic rings. The summed E-state index contributed by atoms with van der Waals surface area (Å²) in [6.07, 6.45) is -3.71. The minimum Gasteiger partial charge on any atom is -0.389 e. The molecule has 1 aromatic rings. The molecule has 1 aromatic carbocycles. The highest BCUT2D eigenvalue weighted by atomic mass is 32.1. The Hall–Kier alpha value is -1.18. The van der Waals surface area contributed by atoms with E-state index in [9.17, 15) is 13.2 Å². The van der Waals surface area contributed by atoms with Crippen LogP contribution in [-0.2, 0) is 11.3 Å². The second kappa shape index (κ2) is 8.31. The average molecular weight is 320 g/mol. The van der Waals surface area contributed by atoms with Gasteiger partial charge in [0, 0.05) is 25.3 Å². The van der Waals surface area contributed by atoms with Gasteiger partial charge in [0.2, 0.25) is 0 Å². The van der Waals surface area contributed by atoms with Crippen LogP contribution in [0.2, 0.25) is 0 Å². The summed E-state index contributed by atoms with van der Waals surface area (Å²) in [6, 6.07) is 7.60. The quantitative estimate of drug-likeness (QED) is 0.590. The Labute approximate surface area is 127 Å². The Morgan fingerprint density at radius 3 is 2.71 bits per heavy atom. The number of hydrogen-bond acceptors (Lipinski definition) is 3. The van der Waals surface area contributed by atoms with Crippen molar-refractivity contribution in [2.45, 2.75) is 19.1 Å². The smallest absolute Gasteiger partial charge is 0.389 e. The molecule has 0 saturated heterocycles. The van der Waals surface area contributed by atoms with Gasteiger partial charge in [-0.25, -0.2) is 0 Å². The van der Waals surface area contributed by atoms with E-state index in [1.165, 1.54) is 0 Å². The van der Waals surface area contributed by atoms with Crippen molar-refractivity contribution in [3.05, 3.63) is 35.4 Å². The van der Waals surface area contributed by atoms with Gasteiger partial charge in [0.05, 0.1) is 0 Å². The molecular formula is C14H19F3N2OS. The van der Waals surface area contributed by atoms with Crippen LogP contribution < -0.4 is 5.73 Å². The van der Waals surface area contributed by atoms with Crippen LogP contribution >= 0.6 is 12.2 Å². The van der Waals surface area contributed by atoms with E-state index in [1.54, 1.807) is 0 Å². The highest BCUT2D eigenvalue weighted by Gasteiger charge is 2.27. The lowest BCUT2D eigenvalue weighted by Crippen LogP contribution is -2.22. The number of halogens is 3. The maximum Gasteiger partial charge on any atom is 0.411 e. The lowest BCUT2D eigenvalue weighted by Gasteiger charge is -2.17. The van der Waals surface area contributed by atoms with Crippen LogP contribution in [0.3, 0.4) is 0 Å². The van der Waals surface area contributed by atoms with Gasteiger partial charge in [-0.2, -0.15) is 13.2 Å². The molecule has 0 aromatic heterocycles. The number of alkyl halides is 3. The third-order valence-electron chi connectivity index (χ3n) is 2.76. The number of ether oxygens (including phenoxy) is 1. The first-order chi connectivity index (χ1) is 9.78. The molecule has 0 aliphatic carbocycles. The van der Waals surface area contributed by atoms with Crippen LogP contribution in [0.4, 0.5) is 13.2 Å². The van der Waals surface area contributed by atoms with Crippen molar-refractivity contribution in [1.82, 2.24) is 4.90 Å². The normalized spacial score (nSPS) is 11.9. The molecule has 0 heterocycles. The molecule has 0 amide bonds. The largest absolute Gasteiger partial charge is 0.411 e. The molecule has 21 heavy (non-hydrogen) atoms. The van der Waals surface area contributed by atoms with Crippen molar-refractivity contribution >= 4 is 17.2 Å². The van der Waals surface area contributed by atoms with Crippen LogP contribution in [0.15, 0.2) is 24.3 Å². The first-order valence-corrected chi connectivity index (χ1v) is 6.90. The standard InChI is InChI=1S/C14H19F3N2OS/c1-19(6-3-7-20-10-14(15,16)17)9-11-4-2-5-12(8-11)13(18)21/h2,4-5,8H,3,6-7,9-10H2,1H3,(H2,18,21). The van der Waals surface area contributed by atoms with Crippen LogP contribution in [0, 0.1) is 0 Å². The summed E-state index contributed by atoms with van der Waals surface area (Å²) >= 11 is 4.92. The van der Waals surface area contributed by atoms with Crippen molar-refractivity contribution in [2.75, 3.05) is 26.8 Å². The van der Waals surface area contributed by atoms with Crippen molar-refractivity contribution in [3.8, 4) is 0 Å². The zero-order chi connectivity index (χ0) is 15.9. The van der Waals surface area contributed by atoms with Crippen LogP contribution in [-0.4, -0.2) is 42.9 Å². The van der Waals surface area contributed by atoms with Crippen LogP contribution in [0.5, 0.6) is 0 Å². The lowest BCUT2D eigenvalue weighted by atomic mass is 10.1. The second-order valence-corrected chi connectivity index (χ2v) is 5.26. The summed E-state index contributed by atoms with van der Waals surface area (Å²) in [5, 5.41) is 0.